The lowest BCUT2D eigenvalue weighted by molar-refractivity contribution is -0.129. The number of aromatic amines is 1. The van der Waals surface area contributed by atoms with Gasteiger partial charge < -0.3 is 15.6 Å². The fraction of sp³-hybridized carbons (Fsp3) is 0.258. The average Bonchev–Trinajstić information content (AvgIpc) is 3.51. The van der Waals surface area contributed by atoms with Crippen molar-refractivity contribution in [2.75, 3.05) is 12.8 Å². The lowest BCUT2D eigenvalue weighted by Gasteiger charge is -2.36. The van der Waals surface area contributed by atoms with Gasteiger partial charge in [-0.2, -0.15) is 0 Å². The van der Waals surface area contributed by atoms with Crippen LogP contribution in [0.15, 0.2) is 104 Å². The highest BCUT2D eigenvalue weighted by atomic mass is 32.2. The molecule has 0 fully saturated rings. The molecule has 0 saturated heterocycles. The van der Waals surface area contributed by atoms with Crippen LogP contribution >= 0.6 is 23.5 Å². The van der Waals surface area contributed by atoms with E-state index < -0.39 is 15.5 Å². The number of nitrogens with one attached hydrogen (secondary N) is 3. The summed E-state index contributed by atoms with van der Waals surface area (Å²) in [6.07, 6.45) is 3.38. The van der Waals surface area contributed by atoms with Gasteiger partial charge in [0.15, 0.2) is 0 Å². The Morgan fingerprint density at radius 1 is 0.846 bits per heavy atom. The van der Waals surface area contributed by atoms with Gasteiger partial charge in [0.25, 0.3) is 0 Å². The number of thioether (sulfide) groups is 2. The first-order valence-electron chi connectivity index (χ1n) is 12.8. The molecule has 6 nitrogen and oxygen atoms in total. The number of benzene rings is 3. The fourth-order valence-corrected chi connectivity index (χ4v) is 6.78. The summed E-state index contributed by atoms with van der Waals surface area (Å²) in [4.78, 5) is 33.6. The third-order valence-corrected chi connectivity index (χ3v) is 9.57. The van der Waals surface area contributed by atoms with Crippen LogP contribution in [0.25, 0.3) is 0 Å². The molecule has 3 N–H and O–H groups in total. The van der Waals surface area contributed by atoms with E-state index in [4.69, 9.17) is 0 Å². The van der Waals surface area contributed by atoms with Crippen molar-refractivity contribution in [3.05, 3.63) is 126 Å². The molecular formula is C31H34N4O2S2. The van der Waals surface area contributed by atoms with E-state index >= 15 is 0 Å². The number of likely N-dealkylation sites (N-methyl/N-ethyl adjacent to an activating group) is 1. The average molecular weight is 559 g/mol. The minimum Gasteiger partial charge on any atom is -0.357 e. The molecule has 202 valence electrons. The Kier molecular flexibility index (Phi) is 9.54. The van der Waals surface area contributed by atoms with Gasteiger partial charge in [0.1, 0.15) is 6.04 Å². The zero-order valence-electron chi connectivity index (χ0n) is 22.4. The molecule has 39 heavy (non-hydrogen) atoms. The molecule has 0 aliphatic heterocycles. The summed E-state index contributed by atoms with van der Waals surface area (Å²) in [5, 5.41) is 5.79. The highest BCUT2D eigenvalue weighted by molar-refractivity contribution is 8.01. The second-order valence-electron chi connectivity index (χ2n) is 9.61. The van der Waals surface area contributed by atoms with Gasteiger partial charge >= 0.3 is 0 Å². The molecule has 1 aromatic heterocycles. The minimum absolute atomic E-state index is 0.189. The SMILES string of the molecule is CNC(=O)[C@H](CSC(c1ccccc1)(c1ccccc1)c1ccccc1)NC(=O)C(C)(C)SCc1cnc[nH]1. The quantitative estimate of drug-likeness (QED) is 0.203. The van der Waals surface area contributed by atoms with Crippen molar-refractivity contribution < 1.29 is 9.59 Å². The van der Waals surface area contributed by atoms with Gasteiger partial charge in [0.05, 0.1) is 15.8 Å². The Hall–Kier alpha value is -3.49. The number of imidazole rings is 1. The van der Waals surface area contributed by atoms with E-state index in [-0.39, 0.29) is 11.8 Å². The van der Waals surface area contributed by atoms with Crippen molar-refractivity contribution in [3.8, 4) is 0 Å². The summed E-state index contributed by atoms with van der Waals surface area (Å²) in [5.41, 5.74) is 4.25. The number of hydrogen-bond acceptors (Lipinski definition) is 5. The molecule has 4 rings (SSSR count). The van der Waals surface area contributed by atoms with Gasteiger partial charge in [-0.3, -0.25) is 9.59 Å². The fourth-order valence-electron chi connectivity index (χ4n) is 4.35. The topological polar surface area (TPSA) is 86.9 Å². The molecule has 0 spiro atoms. The molecule has 0 bridgehead atoms. The molecule has 2 amide bonds. The summed E-state index contributed by atoms with van der Waals surface area (Å²) in [6.45, 7) is 3.75. The van der Waals surface area contributed by atoms with E-state index in [1.807, 2.05) is 68.4 Å². The Morgan fingerprint density at radius 3 is 1.79 bits per heavy atom. The van der Waals surface area contributed by atoms with Crippen LogP contribution in [-0.2, 0) is 20.1 Å². The lowest BCUT2D eigenvalue weighted by Crippen LogP contribution is -2.52. The summed E-state index contributed by atoms with van der Waals surface area (Å²) in [5.74, 6) is 0.559. The molecule has 0 aliphatic rings. The molecule has 8 heteroatoms. The molecule has 0 aliphatic carbocycles. The largest absolute Gasteiger partial charge is 0.357 e. The van der Waals surface area contributed by atoms with Crippen LogP contribution in [0.3, 0.4) is 0 Å². The van der Waals surface area contributed by atoms with E-state index in [1.165, 1.54) is 11.8 Å². The second kappa shape index (κ2) is 13.0. The zero-order valence-corrected chi connectivity index (χ0v) is 24.0. The van der Waals surface area contributed by atoms with Crippen LogP contribution in [0.1, 0.15) is 36.2 Å². The van der Waals surface area contributed by atoms with Crippen molar-refractivity contribution in [2.24, 2.45) is 0 Å². The monoisotopic (exact) mass is 558 g/mol. The third kappa shape index (κ3) is 6.75. The first-order valence-corrected chi connectivity index (χ1v) is 14.8. The Bertz CT molecular complexity index is 1230. The van der Waals surface area contributed by atoms with Crippen LogP contribution in [-0.4, -0.2) is 45.4 Å². The van der Waals surface area contributed by atoms with Crippen molar-refractivity contribution in [2.45, 2.75) is 35.1 Å². The molecule has 0 unspecified atom stereocenters. The predicted octanol–water partition coefficient (Wildman–Crippen LogP) is 5.38. The van der Waals surface area contributed by atoms with Crippen LogP contribution in [0.4, 0.5) is 0 Å². The van der Waals surface area contributed by atoms with Crippen LogP contribution < -0.4 is 10.6 Å². The number of carbonyl (C=O) groups excluding carboxylic acids is 2. The van der Waals surface area contributed by atoms with E-state index in [1.54, 1.807) is 31.3 Å². The molecular weight excluding hydrogens is 525 g/mol. The van der Waals surface area contributed by atoms with Gasteiger partial charge in [-0.05, 0) is 30.5 Å². The maximum Gasteiger partial charge on any atom is 0.243 e. The van der Waals surface area contributed by atoms with E-state index in [2.05, 4.69) is 57.0 Å². The Balaban J connectivity index is 1.65. The number of amides is 2. The number of carbonyl (C=O) groups is 2. The number of nitrogens with zero attached hydrogens (tertiary/aromatic N) is 1. The van der Waals surface area contributed by atoms with Crippen LogP contribution in [0.2, 0.25) is 0 Å². The summed E-state index contributed by atoms with van der Waals surface area (Å²) < 4.78 is -1.34. The number of H-pyrrole nitrogens is 1. The molecule has 4 aromatic rings. The van der Waals surface area contributed by atoms with E-state index in [0.29, 0.717) is 11.5 Å². The van der Waals surface area contributed by atoms with Crippen LogP contribution in [0, 0.1) is 0 Å². The van der Waals surface area contributed by atoms with Crippen molar-refractivity contribution in [3.63, 3.8) is 0 Å². The highest BCUT2D eigenvalue weighted by Gasteiger charge is 2.39. The van der Waals surface area contributed by atoms with Gasteiger partial charge in [-0.15, -0.1) is 23.5 Å². The zero-order chi connectivity index (χ0) is 27.7. The van der Waals surface area contributed by atoms with Gasteiger partial charge in [0, 0.05) is 30.4 Å². The summed E-state index contributed by atoms with van der Waals surface area (Å²) in [6, 6.07) is 30.2. The Morgan fingerprint density at radius 2 is 1.36 bits per heavy atom. The summed E-state index contributed by atoms with van der Waals surface area (Å²) >= 11 is 3.15. The minimum atomic E-state index is -0.753. The maximum absolute atomic E-state index is 13.4. The van der Waals surface area contributed by atoms with Gasteiger partial charge in [0.2, 0.25) is 11.8 Å². The predicted molar refractivity (Wildman–Crippen MR) is 162 cm³/mol. The first-order chi connectivity index (χ1) is 18.9. The third-order valence-electron chi connectivity index (χ3n) is 6.57. The van der Waals surface area contributed by atoms with E-state index in [0.717, 1.165) is 22.4 Å². The normalized spacial score (nSPS) is 12.5. The highest BCUT2D eigenvalue weighted by Crippen LogP contribution is 2.48. The Labute approximate surface area is 238 Å². The molecule has 1 atom stereocenters. The van der Waals surface area contributed by atoms with Crippen molar-refractivity contribution in [1.29, 1.82) is 0 Å². The smallest absolute Gasteiger partial charge is 0.243 e. The maximum atomic E-state index is 13.4. The number of hydrogen-bond donors (Lipinski definition) is 3. The first kappa shape index (κ1) is 28.5. The molecule has 3 aromatic carbocycles. The van der Waals surface area contributed by atoms with Crippen LogP contribution in [0.5, 0.6) is 0 Å². The lowest BCUT2D eigenvalue weighted by atomic mass is 9.84. The molecule has 1 heterocycles. The second-order valence-corrected chi connectivity index (χ2v) is 12.4. The van der Waals surface area contributed by atoms with Gasteiger partial charge in [-0.1, -0.05) is 91.0 Å². The number of aromatic nitrogens is 2. The molecule has 0 radical (unpaired) electrons. The van der Waals surface area contributed by atoms with Gasteiger partial charge in [-0.25, -0.2) is 4.98 Å². The molecule has 0 saturated carbocycles. The summed E-state index contributed by atoms with van der Waals surface area (Å²) in [7, 11) is 1.60. The number of rotatable bonds is 12. The van der Waals surface area contributed by atoms with E-state index in [9.17, 15) is 9.59 Å². The van der Waals surface area contributed by atoms with Crippen molar-refractivity contribution in [1.82, 2.24) is 20.6 Å². The standard InChI is InChI=1S/C31H34N4O2S2/c1-30(2,38-20-26-19-33-22-34-26)29(37)35-27(28(36)32-3)21-39-31(23-13-7-4-8-14-23,24-15-9-5-10-16-24)25-17-11-6-12-18-25/h4-19,22,27H,20-21H2,1-3H3,(H,32,36)(H,33,34)(H,35,37)/t27-/m0/s1. The van der Waals surface area contributed by atoms with Crippen molar-refractivity contribution >= 4 is 35.3 Å².